The summed E-state index contributed by atoms with van der Waals surface area (Å²) in [5.74, 6) is -2.38. The molecule has 5 amide bonds. The number of amides is 5. The van der Waals surface area contributed by atoms with Crippen molar-refractivity contribution in [3.05, 3.63) is 0 Å². The molecule has 0 aromatic rings. The van der Waals surface area contributed by atoms with Crippen LogP contribution in [0.1, 0.15) is 0 Å². The smallest absolute Gasteiger partial charge is 0.330 e. The molecule has 2 atom stereocenters. The van der Waals surface area contributed by atoms with Crippen LogP contribution in [0, 0.1) is 0 Å². The summed E-state index contributed by atoms with van der Waals surface area (Å²) in [5, 5.41) is 2.49. The van der Waals surface area contributed by atoms with Gasteiger partial charge in [-0.1, -0.05) is 0 Å². The van der Waals surface area contributed by atoms with Crippen molar-refractivity contribution in [2.45, 2.75) is 11.6 Å². The van der Waals surface area contributed by atoms with Crippen LogP contribution in [0.4, 0.5) is 9.59 Å². The molecule has 9 nitrogen and oxygen atoms in total. The van der Waals surface area contributed by atoms with Gasteiger partial charge in [-0.15, -0.1) is 0 Å². The molecule has 2 heterocycles. The van der Waals surface area contributed by atoms with E-state index >= 15 is 0 Å². The SMILES string of the molecule is CO[C@@]12C(=O)N(C)C(=O)N(C)[C@]1(OC)NC(=O)N2C. The first-order valence-corrected chi connectivity index (χ1v) is 5.52. The highest BCUT2D eigenvalue weighted by Crippen LogP contribution is 2.42. The van der Waals surface area contributed by atoms with E-state index < -0.39 is 29.5 Å². The van der Waals surface area contributed by atoms with Crippen LogP contribution in [0.25, 0.3) is 0 Å². The van der Waals surface area contributed by atoms with Crippen molar-refractivity contribution in [2.24, 2.45) is 0 Å². The van der Waals surface area contributed by atoms with Crippen LogP contribution in [0.3, 0.4) is 0 Å². The van der Waals surface area contributed by atoms with Crippen LogP contribution in [0.15, 0.2) is 0 Å². The zero-order chi connectivity index (χ0) is 14.6. The standard InChI is InChI=1S/C10H16N4O5/c1-12-6(15)9(18-4)10(19-5,14(3)8(12)17)11-7(16)13(9)2/h1-5H3,(H,11,16)/t9-,10+/m0/s1. The number of fused-ring (bicyclic) bond motifs is 1. The Morgan fingerprint density at radius 3 is 2.05 bits per heavy atom. The lowest BCUT2D eigenvalue weighted by Crippen LogP contribution is -2.81. The fourth-order valence-electron chi connectivity index (χ4n) is 2.65. The van der Waals surface area contributed by atoms with Crippen LogP contribution in [0.5, 0.6) is 0 Å². The van der Waals surface area contributed by atoms with Crippen molar-refractivity contribution in [2.75, 3.05) is 35.4 Å². The molecule has 0 bridgehead atoms. The van der Waals surface area contributed by atoms with Gasteiger partial charge in [-0.2, -0.15) is 0 Å². The molecule has 0 spiro atoms. The second kappa shape index (κ2) is 3.81. The van der Waals surface area contributed by atoms with Gasteiger partial charge in [0.1, 0.15) is 0 Å². The highest BCUT2D eigenvalue weighted by molar-refractivity contribution is 6.06. The van der Waals surface area contributed by atoms with Gasteiger partial charge in [-0.25, -0.2) is 9.59 Å². The van der Waals surface area contributed by atoms with E-state index in [-0.39, 0.29) is 0 Å². The topological polar surface area (TPSA) is 91.4 Å². The summed E-state index contributed by atoms with van der Waals surface area (Å²) in [5.41, 5.74) is -1.77. The fourth-order valence-corrected chi connectivity index (χ4v) is 2.65. The van der Waals surface area contributed by atoms with Crippen LogP contribution < -0.4 is 5.32 Å². The van der Waals surface area contributed by atoms with Gasteiger partial charge in [-0.3, -0.25) is 24.8 Å². The quantitative estimate of drug-likeness (QED) is 0.682. The van der Waals surface area contributed by atoms with Crippen LogP contribution >= 0.6 is 0 Å². The number of rotatable bonds is 2. The molecule has 0 aliphatic carbocycles. The zero-order valence-corrected chi connectivity index (χ0v) is 11.4. The maximum atomic E-state index is 12.5. The number of carbonyl (C=O) groups is 3. The number of likely N-dealkylation sites (N-methyl/N-ethyl adjacent to an activating group) is 3. The molecule has 2 aliphatic rings. The lowest BCUT2D eigenvalue weighted by molar-refractivity contribution is -0.272. The summed E-state index contributed by atoms with van der Waals surface area (Å²) < 4.78 is 10.6. The Kier molecular flexibility index (Phi) is 2.72. The predicted octanol–water partition coefficient (Wildman–Crippen LogP) is -1.19. The predicted molar refractivity (Wildman–Crippen MR) is 61.7 cm³/mol. The van der Waals surface area contributed by atoms with E-state index in [2.05, 4.69) is 5.32 Å². The normalized spacial score (nSPS) is 34.8. The number of ether oxygens (including phenoxy) is 2. The highest BCUT2D eigenvalue weighted by atomic mass is 16.6. The molecule has 2 rings (SSSR count). The van der Waals surface area contributed by atoms with Gasteiger partial charge in [0.2, 0.25) is 0 Å². The summed E-state index contributed by atoms with van der Waals surface area (Å²) in [4.78, 5) is 39.5. The molecule has 2 fully saturated rings. The van der Waals surface area contributed by atoms with Crippen LogP contribution in [-0.4, -0.2) is 79.6 Å². The van der Waals surface area contributed by atoms with E-state index in [9.17, 15) is 14.4 Å². The second-order valence-corrected chi connectivity index (χ2v) is 4.39. The van der Waals surface area contributed by atoms with Gasteiger partial charge >= 0.3 is 12.1 Å². The van der Waals surface area contributed by atoms with Crippen molar-refractivity contribution < 1.29 is 23.9 Å². The molecular weight excluding hydrogens is 256 g/mol. The average Bonchev–Trinajstić information content (AvgIpc) is 2.64. The minimum atomic E-state index is -1.77. The number of nitrogens with one attached hydrogen (secondary N) is 1. The number of hydrogen-bond acceptors (Lipinski definition) is 5. The van der Waals surface area contributed by atoms with Gasteiger partial charge in [0.15, 0.2) is 0 Å². The first-order chi connectivity index (χ1) is 8.80. The Balaban J connectivity index is 2.72. The third-order valence-corrected chi connectivity index (χ3v) is 3.74. The minimum absolute atomic E-state index is 0.577. The van der Waals surface area contributed by atoms with E-state index in [0.29, 0.717) is 0 Å². The van der Waals surface area contributed by atoms with Crippen LogP contribution in [-0.2, 0) is 14.3 Å². The summed E-state index contributed by atoms with van der Waals surface area (Å²) in [6.07, 6.45) is 0. The Morgan fingerprint density at radius 2 is 1.58 bits per heavy atom. The fraction of sp³-hybridized carbons (Fsp3) is 0.700. The largest absolute Gasteiger partial charge is 0.345 e. The van der Waals surface area contributed by atoms with E-state index in [1.165, 1.54) is 35.4 Å². The third kappa shape index (κ3) is 1.19. The molecule has 0 aromatic heterocycles. The van der Waals surface area contributed by atoms with Crippen molar-refractivity contribution in [3.63, 3.8) is 0 Å². The maximum Gasteiger partial charge on any atom is 0.330 e. The summed E-state index contributed by atoms with van der Waals surface area (Å²) in [6.45, 7) is 0. The molecule has 9 heteroatoms. The van der Waals surface area contributed by atoms with Gasteiger partial charge in [0.25, 0.3) is 17.5 Å². The average molecular weight is 272 g/mol. The summed E-state index contributed by atoms with van der Waals surface area (Å²) >= 11 is 0. The first kappa shape index (κ1) is 13.6. The number of nitrogens with zero attached hydrogens (tertiary/aromatic N) is 3. The van der Waals surface area contributed by atoms with Gasteiger partial charge < -0.3 is 9.47 Å². The lowest BCUT2D eigenvalue weighted by atomic mass is 10.0. The number of urea groups is 2. The molecule has 2 aliphatic heterocycles. The Hall–Kier alpha value is -1.87. The van der Waals surface area contributed by atoms with E-state index in [1.807, 2.05) is 0 Å². The molecule has 0 saturated carbocycles. The lowest BCUT2D eigenvalue weighted by Gasteiger charge is -2.51. The van der Waals surface area contributed by atoms with Gasteiger partial charge in [0, 0.05) is 35.4 Å². The molecule has 19 heavy (non-hydrogen) atoms. The summed E-state index contributed by atoms with van der Waals surface area (Å²) in [6, 6.07) is -1.18. The van der Waals surface area contributed by atoms with Crippen LogP contribution in [0.2, 0.25) is 0 Å². The minimum Gasteiger partial charge on any atom is -0.345 e. The molecule has 0 radical (unpaired) electrons. The van der Waals surface area contributed by atoms with Crippen molar-refractivity contribution in [1.82, 2.24) is 20.0 Å². The monoisotopic (exact) mass is 272 g/mol. The molecule has 1 N–H and O–H groups in total. The maximum absolute atomic E-state index is 12.5. The van der Waals surface area contributed by atoms with E-state index in [0.717, 1.165) is 14.7 Å². The van der Waals surface area contributed by atoms with Crippen molar-refractivity contribution in [1.29, 1.82) is 0 Å². The third-order valence-electron chi connectivity index (χ3n) is 3.74. The Labute approximate surface area is 110 Å². The molecule has 0 unspecified atom stereocenters. The molecular formula is C10H16N4O5. The Morgan fingerprint density at radius 1 is 1.00 bits per heavy atom. The number of hydrogen-bond donors (Lipinski definition) is 1. The van der Waals surface area contributed by atoms with Crippen molar-refractivity contribution in [3.8, 4) is 0 Å². The van der Waals surface area contributed by atoms with E-state index in [4.69, 9.17) is 9.47 Å². The highest BCUT2D eigenvalue weighted by Gasteiger charge is 2.75. The second-order valence-electron chi connectivity index (χ2n) is 4.39. The number of methoxy groups -OCH3 is 2. The van der Waals surface area contributed by atoms with Gasteiger partial charge in [0.05, 0.1) is 0 Å². The first-order valence-electron chi connectivity index (χ1n) is 5.52. The summed E-state index contributed by atoms with van der Waals surface area (Å²) in [7, 11) is 6.70. The Bertz CT molecular complexity index is 469. The molecule has 2 saturated heterocycles. The van der Waals surface area contributed by atoms with Crippen molar-refractivity contribution >= 4 is 18.0 Å². The molecule has 0 aromatic carbocycles. The van der Waals surface area contributed by atoms with E-state index in [1.54, 1.807) is 0 Å². The molecule has 106 valence electrons. The number of carbonyl (C=O) groups excluding carboxylic acids is 3. The zero-order valence-electron chi connectivity index (χ0n) is 11.4. The van der Waals surface area contributed by atoms with Gasteiger partial charge in [-0.05, 0) is 0 Å². The number of imide groups is 1.